The second-order valence-corrected chi connectivity index (χ2v) is 7.18. The van der Waals surface area contributed by atoms with E-state index >= 15 is 0 Å². The van der Waals surface area contributed by atoms with Crippen molar-refractivity contribution >= 4 is 0 Å². The number of rotatable bonds is 0. The van der Waals surface area contributed by atoms with E-state index in [2.05, 4.69) is 34.9 Å². The van der Waals surface area contributed by atoms with Crippen LogP contribution < -0.4 is 20.1 Å². The molecule has 0 saturated carbocycles. The maximum absolute atomic E-state index is 5.71. The number of hydrogen-bond acceptors (Lipinski definition) is 7. The average molecular weight is 431 g/mol. The van der Waals surface area contributed by atoms with Crippen molar-refractivity contribution in [3.63, 3.8) is 0 Å². The Kier molecular flexibility index (Phi) is 11.2. The molecule has 170 valence electrons. The molecule has 0 spiro atoms. The van der Waals surface area contributed by atoms with Gasteiger partial charge in [0.15, 0.2) is 0 Å². The molecule has 4 aliphatic heterocycles. The van der Waals surface area contributed by atoms with E-state index in [1.54, 1.807) is 0 Å². The van der Waals surface area contributed by atoms with Crippen LogP contribution in [0.25, 0.3) is 0 Å². The first kappa shape index (κ1) is 23.5. The summed E-state index contributed by atoms with van der Waals surface area (Å²) in [4.78, 5) is 0. The zero-order valence-electron chi connectivity index (χ0n) is 18.1. The molecule has 4 heterocycles. The summed E-state index contributed by atoms with van der Waals surface area (Å²) >= 11 is 0. The quantitative estimate of drug-likeness (QED) is 0.665. The zero-order chi connectivity index (χ0) is 21.4. The van der Waals surface area contributed by atoms with Gasteiger partial charge in [0.1, 0.15) is 24.7 Å². The summed E-state index contributed by atoms with van der Waals surface area (Å²) in [6.07, 6.45) is 0. The van der Waals surface area contributed by atoms with Gasteiger partial charge in [-0.05, 0) is 35.4 Å². The van der Waals surface area contributed by atoms with Crippen LogP contribution in [0.4, 0.5) is 0 Å². The van der Waals surface area contributed by atoms with Gasteiger partial charge in [-0.15, -0.1) is 0 Å². The second kappa shape index (κ2) is 14.8. The molecule has 0 aliphatic carbocycles. The molecular weight excluding hydrogens is 396 g/mol. The van der Waals surface area contributed by atoms with Crippen molar-refractivity contribution in [1.82, 2.24) is 10.6 Å². The molecule has 2 aromatic rings. The van der Waals surface area contributed by atoms with Gasteiger partial charge < -0.3 is 34.3 Å². The van der Waals surface area contributed by atoms with Crippen LogP contribution in [-0.4, -0.2) is 65.9 Å². The number of nitrogens with one attached hydrogen (secondary N) is 2. The Morgan fingerprint density at radius 2 is 0.839 bits per heavy atom. The molecule has 2 aromatic carbocycles. The first-order chi connectivity index (χ1) is 15.4. The molecule has 0 unspecified atom stereocenters. The highest BCUT2D eigenvalue weighted by atomic mass is 16.6. The van der Waals surface area contributed by atoms with Crippen LogP contribution in [0.15, 0.2) is 48.5 Å². The van der Waals surface area contributed by atoms with Crippen LogP contribution in [0.3, 0.4) is 0 Å². The summed E-state index contributed by atoms with van der Waals surface area (Å²) in [5.74, 6) is 1.70. The molecule has 7 nitrogen and oxygen atoms in total. The van der Waals surface area contributed by atoms with Gasteiger partial charge in [-0.3, -0.25) is 0 Å². The lowest BCUT2D eigenvalue weighted by molar-refractivity contribution is 0.0273. The summed E-state index contributed by atoms with van der Waals surface area (Å²) in [5.41, 5.74) is 2.43. The van der Waals surface area contributed by atoms with E-state index in [1.807, 2.05) is 24.3 Å². The third-order valence-corrected chi connectivity index (χ3v) is 4.72. The van der Waals surface area contributed by atoms with Crippen LogP contribution in [0.2, 0.25) is 0 Å². The monoisotopic (exact) mass is 430 g/mol. The maximum atomic E-state index is 5.71. The molecular formula is C24H34N2O5. The Morgan fingerprint density at radius 1 is 0.452 bits per heavy atom. The lowest BCUT2D eigenvalue weighted by Gasteiger charge is -2.10. The molecule has 31 heavy (non-hydrogen) atoms. The van der Waals surface area contributed by atoms with Crippen molar-refractivity contribution in [2.45, 2.75) is 13.1 Å². The Labute approximate surface area is 185 Å². The van der Waals surface area contributed by atoms with E-state index in [4.69, 9.17) is 23.7 Å². The van der Waals surface area contributed by atoms with Gasteiger partial charge >= 0.3 is 0 Å². The van der Waals surface area contributed by atoms with Crippen molar-refractivity contribution in [3.8, 4) is 11.5 Å². The van der Waals surface area contributed by atoms with Crippen LogP contribution >= 0.6 is 0 Å². The molecule has 7 heteroatoms. The van der Waals surface area contributed by atoms with Crippen LogP contribution in [0.5, 0.6) is 11.5 Å². The van der Waals surface area contributed by atoms with E-state index in [9.17, 15) is 0 Å². The molecule has 0 saturated heterocycles. The highest BCUT2D eigenvalue weighted by molar-refractivity contribution is 5.28. The first-order valence-electron chi connectivity index (χ1n) is 11.0. The molecule has 2 N–H and O–H groups in total. The number of ether oxygens (including phenoxy) is 5. The third-order valence-electron chi connectivity index (χ3n) is 4.72. The van der Waals surface area contributed by atoms with Gasteiger partial charge in [0.25, 0.3) is 0 Å². The van der Waals surface area contributed by atoms with Crippen molar-refractivity contribution in [3.05, 3.63) is 59.7 Å². The van der Waals surface area contributed by atoms with Crippen LogP contribution in [-0.2, 0) is 27.3 Å². The number of benzene rings is 2. The minimum Gasteiger partial charge on any atom is -0.491 e. The fourth-order valence-electron chi connectivity index (χ4n) is 3.02. The van der Waals surface area contributed by atoms with E-state index < -0.39 is 0 Å². The fourth-order valence-corrected chi connectivity index (χ4v) is 3.02. The lowest BCUT2D eigenvalue weighted by atomic mass is 10.2. The number of hydrogen-bond donors (Lipinski definition) is 2. The smallest absolute Gasteiger partial charge is 0.119 e. The summed E-state index contributed by atoms with van der Waals surface area (Å²) in [7, 11) is 0. The molecule has 4 bridgehead atoms. The molecule has 0 radical (unpaired) electrons. The van der Waals surface area contributed by atoms with E-state index in [1.165, 1.54) is 11.1 Å². The largest absolute Gasteiger partial charge is 0.491 e. The fraction of sp³-hybridized carbons (Fsp3) is 0.500. The average Bonchev–Trinajstić information content (AvgIpc) is 2.80. The van der Waals surface area contributed by atoms with Crippen molar-refractivity contribution in [2.24, 2.45) is 0 Å². The molecule has 6 rings (SSSR count). The SMILES string of the molecule is c1cc2ccc1CNCCOCCNCc1ccc(cc1)OCCOCCOCCO2. The second-order valence-electron chi connectivity index (χ2n) is 7.18. The van der Waals surface area contributed by atoms with Crippen molar-refractivity contribution in [2.75, 3.05) is 65.9 Å². The van der Waals surface area contributed by atoms with Crippen molar-refractivity contribution in [1.29, 1.82) is 0 Å². The van der Waals surface area contributed by atoms with E-state index in [0.29, 0.717) is 52.9 Å². The van der Waals surface area contributed by atoms with Crippen LogP contribution in [0, 0.1) is 0 Å². The predicted molar refractivity (Wildman–Crippen MR) is 120 cm³/mol. The Hall–Kier alpha value is -2.16. The zero-order valence-corrected chi connectivity index (χ0v) is 18.1. The summed E-state index contributed by atoms with van der Waals surface area (Å²) in [6.45, 7) is 7.83. The van der Waals surface area contributed by atoms with Gasteiger partial charge in [0.05, 0.1) is 39.6 Å². The maximum Gasteiger partial charge on any atom is 0.119 e. The lowest BCUT2D eigenvalue weighted by Crippen LogP contribution is -2.23. The van der Waals surface area contributed by atoms with Gasteiger partial charge in [0, 0.05) is 26.2 Å². The van der Waals surface area contributed by atoms with E-state index in [0.717, 1.165) is 37.7 Å². The molecule has 0 amide bonds. The van der Waals surface area contributed by atoms with Crippen molar-refractivity contribution < 1.29 is 23.7 Å². The molecule has 0 fully saturated rings. The third kappa shape index (κ3) is 10.1. The standard InChI is InChI=1S/C24H34N2O5/c1-5-23-6-2-21(1)19-25-9-11-27-12-10-26-20-22-3-7-24(8-4-22)31-18-16-29-14-13-28-15-17-30-23/h1-8,25-26H,9-20H2. The van der Waals surface area contributed by atoms with Gasteiger partial charge in [-0.2, -0.15) is 0 Å². The summed E-state index contributed by atoms with van der Waals surface area (Å²) < 4.78 is 28.2. The molecule has 0 aromatic heterocycles. The Bertz CT molecular complexity index is 647. The van der Waals surface area contributed by atoms with Gasteiger partial charge in [-0.1, -0.05) is 24.3 Å². The first-order valence-corrected chi connectivity index (χ1v) is 11.0. The Balaban J connectivity index is 1.40. The summed E-state index contributed by atoms with van der Waals surface area (Å²) in [6, 6.07) is 16.2. The van der Waals surface area contributed by atoms with E-state index in [-0.39, 0.29) is 0 Å². The van der Waals surface area contributed by atoms with Crippen LogP contribution in [0.1, 0.15) is 11.1 Å². The van der Waals surface area contributed by atoms with Gasteiger partial charge in [0.2, 0.25) is 0 Å². The van der Waals surface area contributed by atoms with Gasteiger partial charge in [-0.25, -0.2) is 0 Å². The molecule has 0 atom stereocenters. The minimum absolute atomic E-state index is 0.517. The predicted octanol–water partition coefficient (Wildman–Crippen LogP) is 2.39. The Morgan fingerprint density at radius 3 is 1.29 bits per heavy atom. The normalized spacial score (nSPS) is 18.6. The highest BCUT2D eigenvalue weighted by Crippen LogP contribution is 2.13. The highest BCUT2D eigenvalue weighted by Gasteiger charge is 1.99. The topological polar surface area (TPSA) is 70.2 Å². The minimum atomic E-state index is 0.517. The summed E-state index contributed by atoms with van der Waals surface area (Å²) in [5, 5.41) is 6.79. The molecule has 4 aliphatic rings.